The molecule has 2 aromatic heterocycles. The summed E-state index contributed by atoms with van der Waals surface area (Å²) in [5.74, 6) is -0.438. The van der Waals surface area contributed by atoms with Gasteiger partial charge in [-0.25, -0.2) is 22.9 Å². The lowest BCUT2D eigenvalue weighted by atomic mass is 10.1. The van der Waals surface area contributed by atoms with E-state index in [4.69, 9.17) is 14.5 Å². The van der Waals surface area contributed by atoms with E-state index in [0.29, 0.717) is 11.1 Å². The van der Waals surface area contributed by atoms with Gasteiger partial charge in [-0.1, -0.05) is 12.1 Å². The summed E-state index contributed by atoms with van der Waals surface area (Å²) in [5.41, 5.74) is -0.244. The van der Waals surface area contributed by atoms with Crippen molar-refractivity contribution in [1.29, 1.82) is 0 Å². The molecule has 0 aliphatic carbocycles. The van der Waals surface area contributed by atoms with E-state index in [-0.39, 0.29) is 12.2 Å². The van der Waals surface area contributed by atoms with E-state index in [1.807, 2.05) is 0 Å². The third-order valence-corrected chi connectivity index (χ3v) is 9.64. The molecule has 6 atom stereocenters. The Bertz CT molecular complexity index is 1740. The molecule has 0 bridgehead atoms. The van der Waals surface area contributed by atoms with E-state index in [0.717, 1.165) is 21.4 Å². The quantitative estimate of drug-likeness (QED) is 0.149. The van der Waals surface area contributed by atoms with Gasteiger partial charge in [0.05, 0.1) is 18.8 Å². The molecule has 1 fully saturated rings. The smallest absolute Gasteiger partial charge is 0.387 e. The number of phosphoric ester groups is 1. The van der Waals surface area contributed by atoms with E-state index in [2.05, 4.69) is 18.1 Å². The average Bonchev–Trinajstić information content (AvgIpc) is 3.17. The number of phosphoric acid groups is 3. The van der Waals surface area contributed by atoms with Crippen molar-refractivity contribution in [3.05, 3.63) is 87.2 Å². The minimum Gasteiger partial charge on any atom is -0.387 e. The summed E-state index contributed by atoms with van der Waals surface area (Å²) < 4.78 is 66.0. The van der Waals surface area contributed by atoms with Gasteiger partial charge < -0.3 is 34.5 Å². The number of halogens is 1. The Balaban J connectivity index is 1.50. The number of hydrogen-bond donors (Lipinski definition) is 6. The van der Waals surface area contributed by atoms with Crippen LogP contribution in [0.4, 0.5) is 4.39 Å². The summed E-state index contributed by atoms with van der Waals surface area (Å²) in [5, 5.41) is 20.9. The van der Waals surface area contributed by atoms with E-state index in [1.54, 1.807) is 12.1 Å². The monoisotopic (exact) mass is 669 g/mol. The summed E-state index contributed by atoms with van der Waals surface area (Å²) in [6.45, 7) is -1.44. The van der Waals surface area contributed by atoms with Gasteiger partial charge in [-0.05, 0) is 35.4 Å². The van der Waals surface area contributed by atoms with Crippen molar-refractivity contribution in [3.8, 4) is 11.1 Å². The fraction of sp³-hybridized carbons (Fsp3) is 0.286. The number of pyridine rings is 1. The highest BCUT2D eigenvalue weighted by Crippen LogP contribution is 2.66. The van der Waals surface area contributed by atoms with Crippen LogP contribution in [-0.2, 0) is 38.1 Å². The third-order valence-electron chi connectivity index (χ3n) is 5.84. The maximum atomic E-state index is 13.3. The predicted molar refractivity (Wildman–Crippen MR) is 139 cm³/mol. The maximum Gasteiger partial charge on any atom is 0.490 e. The molecule has 3 aromatic rings. The minimum absolute atomic E-state index is 0.264. The number of benzene rings is 1. The summed E-state index contributed by atoms with van der Waals surface area (Å²) in [6.07, 6.45) is -4.68. The van der Waals surface area contributed by atoms with Crippen LogP contribution in [0.25, 0.3) is 11.1 Å². The first-order valence-corrected chi connectivity index (χ1v) is 16.3. The lowest BCUT2D eigenvalue weighted by Crippen LogP contribution is -2.43. The van der Waals surface area contributed by atoms with E-state index >= 15 is 0 Å². The highest BCUT2D eigenvalue weighted by Gasteiger charge is 2.47. The molecule has 1 saturated heterocycles. The molecule has 4 unspecified atom stereocenters. The zero-order valence-corrected chi connectivity index (χ0v) is 24.0. The van der Waals surface area contributed by atoms with Crippen molar-refractivity contribution in [2.45, 2.75) is 31.1 Å². The summed E-state index contributed by atoms with van der Waals surface area (Å²) in [6, 6.07) is 9.74. The molecule has 0 radical (unpaired) electrons. The zero-order valence-electron chi connectivity index (χ0n) is 21.3. The largest absolute Gasteiger partial charge is 0.490 e. The second-order valence-corrected chi connectivity index (χ2v) is 13.3. The number of ether oxygens (including phenoxy) is 1. The Kier molecular flexibility index (Phi) is 9.80. The molecule has 234 valence electrons. The minimum atomic E-state index is -5.80. The molecule has 1 aromatic carbocycles. The highest BCUT2D eigenvalue weighted by atomic mass is 31.3. The molecule has 22 heteroatoms. The van der Waals surface area contributed by atoms with Gasteiger partial charge in [0.25, 0.3) is 5.56 Å². The standard InChI is InChI=1S/C21H23FN3O15P3/c22-14-3-1-12(2-4-14)13-5-7-23-15(9-13)10-25-17(26)6-8-24(21(25)29)20-19(28)18(27)16(38-20)11-37-42(33,34)40-43(35,36)39-41(30,31)32/h1-9,16,18-20,27-28H,10-11H2,(H,33,34)(H,35,36)(H2,30,31,32)/t16-,18?,19?,20-/m1/s1. The number of aliphatic hydroxyl groups excluding tert-OH is 2. The molecule has 0 spiro atoms. The fourth-order valence-corrected chi connectivity index (χ4v) is 7.02. The molecule has 0 saturated carbocycles. The van der Waals surface area contributed by atoms with Gasteiger partial charge in [0, 0.05) is 18.5 Å². The summed E-state index contributed by atoms with van der Waals surface area (Å²) in [7, 11) is -17.0. The fourth-order valence-electron chi connectivity index (χ4n) is 3.99. The van der Waals surface area contributed by atoms with Gasteiger partial charge in [0.1, 0.15) is 24.1 Å². The lowest BCUT2D eigenvalue weighted by molar-refractivity contribution is -0.0547. The second-order valence-electron chi connectivity index (χ2n) is 8.91. The first-order valence-electron chi connectivity index (χ1n) is 11.8. The Morgan fingerprint density at radius 3 is 2.23 bits per heavy atom. The van der Waals surface area contributed by atoms with Crippen LogP contribution in [0.5, 0.6) is 0 Å². The van der Waals surface area contributed by atoms with Crippen LogP contribution >= 0.6 is 23.5 Å². The van der Waals surface area contributed by atoms with Crippen LogP contribution in [0, 0.1) is 5.82 Å². The average molecular weight is 669 g/mol. The van der Waals surface area contributed by atoms with Crippen molar-refractivity contribution in [2.75, 3.05) is 6.61 Å². The van der Waals surface area contributed by atoms with E-state index in [1.165, 1.54) is 30.5 Å². The first-order chi connectivity index (χ1) is 19.9. The van der Waals surface area contributed by atoms with Crippen molar-refractivity contribution < 1.29 is 65.8 Å². The van der Waals surface area contributed by atoms with Crippen molar-refractivity contribution >= 4 is 23.5 Å². The molecule has 43 heavy (non-hydrogen) atoms. The summed E-state index contributed by atoms with van der Waals surface area (Å²) in [4.78, 5) is 66.0. The number of aromatic nitrogens is 3. The van der Waals surface area contributed by atoms with Crippen molar-refractivity contribution in [1.82, 2.24) is 14.1 Å². The maximum absolute atomic E-state index is 13.3. The van der Waals surface area contributed by atoms with E-state index in [9.17, 15) is 47.7 Å². The Labute approximate surface area is 239 Å². The SMILES string of the molecule is O=c1ccn([C@@H]2O[C@H](COP(=O)(O)OP(=O)(O)OP(=O)(O)O)C(O)C2O)c(=O)n1Cc1cc(-c2ccc(F)cc2)ccn1. The number of rotatable bonds is 11. The molecule has 1 aliphatic rings. The number of aliphatic hydroxyl groups is 2. The first kappa shape index (κ1) is 33.2. The van der Waals surface area contributed by atoms with Crippen LogP contribution in [-0.4, -0.2) is 68.8 Å². The van der Waals surface area contributed by atoms with Crippen molar-refractivity contribution in [2.24, 2.45) is 0 Å². The van der Waals surface area contributed by atoms with Gasteiger partial charge in [-0.3, -0.25) is 23.4 Å². The van der Waals surface area contributed by atoms with Crippen LogP contribution < -0.4 is 11.2 Å². The molecule has 4 rings (SSSR count). The van der Waals surface area contributed by atoms with Gasteiger partial charge in [-0.2, -0.15) is 8.62 Å². The number of hydrogen-bond acceptors (Lipinski definition) is 12. The highest BCUT2D eigenvalue weighted by molar-refractivity contribution is 7.66. The number of nitrogens with zero attached hydrogens (tertiary/aromatic N) is 3. The van der Waals surface area contributed by atoms with Gasteiger partial charge in [0.15, 0.2) is 6.23 Å². The summed E-state index contributed by atoms with van der Waals surface area (Å²) >= 11 is 0. The second kappa shape index (κ2) is 12.7. The topological polar surface area (TPSA) is 266 Å². The Morgan fingerprint density at radius 2 is 1.58 bits per heavy atom. The Hall–Kier alpha value is -2.73. The van der Waals surface area contributed by atoms with Gasteiger partial charge >= 0.3 is 29.2 Å². The van der Waals surface area contributed by atoms with Gasteiger partial charge in [-0.15, -0.1) is 0 Å². The van der Waals surface area contributed by atoms with Crippen LogP contribution in [0.1, 0.15) is 11.9 Å². The molecule has 0 amide bonds. The lowest BCUT2D eigenvalue weighted by Gasteiger charge is -2.19. The molecular weight excluding hydrogens is 646 g/mol. The van der Waals surface area contributed by atoms with E-state index < -0.39 is 71.7 Å². The zero-order chi connectivity index (χ0) is 31.7. The van der Waals surface area contributed by atoms with Crippen molar-refractivity contribution in [3.63, 3.8) is 0 Å². The third kappa shape index (κ3) is 8.47. The normalized spacial score (nSPS) is 23.5. The van der Waals surface area contributed by atoms with Crippen LogP contribution in [0.2, 0.25) is 0 Å². The molecule has 6 N–H and O–H groups in total. The molecule has 3 heterocycles. The molecule has 1 aliphatic heterocycles. The molecule has 18 nitrogen and oxygen atoms in total. The van der Waals surface area contributed by atoms with Crippen LogP contribution in [0.3, 0.4) is 0 Å². The Morgan fingerprint density at radius 1 is 0.907 bits per heavy atom. The van der Waals surface area contributed by atoms with Crippen LogP contribution in [0.15, 0.2) is 64.4 Å². The molecular formula is C21H23FN3O15P3. The van der Waals surface area contributed by atoms with Gasteiger partial charge in [0.2, 0.25) is 0 Å². The predicted octanol–water partition coefficient (Wildman–Crippen LogP) is 0.222.